The minimum atomic E-state index is -0.735. The van der Waals surface area contributed by atoms with Crippen LogP contribution in [-0.2, 0) is 5.60 Å². The van der Waals surface area contributed by atoms with E-state index in [-0.39, 0.29) is 0 Å². The fourth-order valence-electron chi connectivity index (χ4n) is 1.11. The van der Waals surface area contributed by atoms with Gasteiger partial charge in [-0.2, -0.15) is 0 Å². The van der Waals surface area contributed by atoms with E-state index in [1.54, 1.807) is 17.4 Å². The molecule has 0 aliphatic carbocycles. The van der Waals surface area contributed by atoms with Gasteiger partial charge in [0.1, 0.15) is 0 Å². The third-order valence-corrected chi connectivity index (χ3v) is 3.07. The van der Waals surface area contributed by atoms with E-state index < -0.39 is 5.60 Å². The average Bonchev–Trinajstić information content (AvgIpc) is 2.36. The van der Waals surface area contributed by atoms with Gasteiger partial charge in [-0.15, -0.1) is 17.9 Å². The fraction of sp³-hybridized carbons (Fsp3) is 0.400. The van der Waals surface area contributed by atoms with Gasteiger partial charge >= 0.3 is 0 Å². The lowest BCUT2D eigenvalue weighted by molar-refractivity contribution is 0.0645. The van der Waals surface area contributed by atoms with Crippen LogP contribution in [0.3, 0.4) is 0 Å². The minimum Gasteiger partial charge on any atom is -0.384 e. The van der Waals surface area contributed by atoms with Crippen molar-refractivity contribution < 1.29 is 5.11 Å². The molecule has 1 heterocycles. The van der Waals surface area contributed by atoms with Gasteiger partial charge in [0.05, 0.1) is 5.60 Å². The van der Waals surface area contributed by atoms with Crippen molar-refractivity contribution in [3.05, 3.63) is 34.5 Å². The van der Waals surface area contributed by atoms with Crippen molar-refractivity contribution in [1.29, 1.82) is 0 Å². The summed E-state index contributed by atoms with van der Waals surface area (Å²) < 4.78 is 0. The van der Waals surface area contributed by atoms with Crippen molar-refractivity contribution in [2.75, 3.05) is 0 Å². The zero-order chi connectivity index (χ0) is 9.19. The summed E-state index contributed by atoms with van der Waals surface area (Å²) in [6.45, 7) is 7.48. The number of rotatable bonds is 3. The number of thiophene rings is 1. The quantitative estimate of drug-likeness (QED) is 0.713. The number of hydrogen-bond acceptors (Lipinski definition) is 2. The van der Waals surface area contributed by atoms with E-state index in [4.69, 9.17) is 0 Å². The van der Waals surface area contributed by atoms with Gasteiger partial charge in [0.2, 0.25) is 0 Å². The maximum absolute atomic E-state index is 9.94. The van der Waals surface area contributed by atoms with Gasteiger partial charge in [-0.3, -0.25) is 0 Å². The van der Waals surface area contributed by atoms with Crippen LogP contribution in [0.2, 0.25) is 0 Å². The molecular weight excluding hydrogens is 168 g/mol. The summed E-state index contributed by atoms with van der Waals surface area (Å²) in [7, 11) is 0. The highest BCUT2D eigenvalue weighted by atomic mass is 32.1. The van der Waals surface area contributed by atoms with E-state index in [2.05, 4.69) is 6.58 Å². The molecule has 1 nitrogen and oxygen atoms in total. The van der Waals surface area contributed by atoms with E-state index in [0.717, 1.165) is 4.88 Å². The van der Waals surface area contributed by atoms with Crippen molar-refractivity contribution in [3.8, 4) is 0 Å². The zero-order valence-corrected chi connectivity index (χ0v) is 8.32. The van der Waals surface area contributed by atoms with Crippen LogP contribution in [0.25, 0.3) is 0 Å². The van der Waals surface area contributed by atoms with E-state index in [1.165, 1.54) is 4.88 Å². The Labute approximate surface area is 77.4 Å². The van der Waals surface area contributed by atoms with Gasteiger partial charge in [0.15, 0.2) is 0 Å². The van der Waals surface area contributed by atoms with Crippen LogP contribution >= 0.6 is 11.3 Å². The molecule has 0 saturated heterocycles. The molecule has 1 atom stereocenters. The van der Waals surface area contributed by atoms with Crippen LogP contribution in [0.15, 0.2) is 24.8 Å². The Kier molecular flexibility index (Phi) is 2.70. The molecule has 0 amide bonds. The van der Waals surface area contributed by atoms with Gasteiger partial charge in [-0.05, 0) is 32.4 Å². The number of aliphatic hydroxyl groups is 1. The van der Waals surface area contributed by atoms with Gasteiger partial charge in [0.25, 0.3) is 0 Å². The number of hydrogen-bond donors (Lipinski definition) is 1. The predicted molar refractivity (Wildman–Crippen MR) is 53.4 cm³/mol. The summed E-state index contributed by atoms with van der Waals surface area (Å²) in [6.07, 6.45) is 2.35. The lowest BCUT2D eigenvalue weighted by atomic mass is 10.0. The molecule has 1 N–H and O–H groups in total. The third kappa shape index (κ3) is 1.96. The highest BCUT2D eigenvalue weighted by Gasteiger charge is 2.22. The second kappa shape index (κ2) is 3.42. The Morgan fingerprint density at radius 2 is 2.33 bits per heavy atom. The molecule has 1 aromatic rings. The zero-order valence-electron chi connectivity index (χ0n) is 7.50. The second-order valence-corrected chi connectivity index (χ2v) is 4.46. The van der Waals surface area contributed by atoms with Crippen LogP contribution in [0.1, 0.15) is 23.1 Å². The Hall–Kier alpha value is -0.600. The monoisotopic (exact) mass is 182 g/mol. The Morgan fingerprint density at radius 1 is 1.67 bits per heavy atom. The first kappa shape index (κ1) is 9.49. The summed E-state index contributed by atoms with van der Waals surface area (Å²) >= 11 is 1.64. The van der Waals surface area contributed by atoms with Crippen LogP contribution in [0, 0.1) is 6.92 Å². The molecule has 0 bridgehead atoms. The van der Waals surface area contributed by atoms with Crippen LogP contribution in [0.4, 0.5) is 0 Å². The first-order valence-electron chi connectivity index (χ1n) is 3.96. The lowest BCUT2D eigenvalue weighted by Gasteiger charge is -2.19. The van der Waals surface area contributed by atoms with E-state index in [0.29, 0.717) is 6.42 Å². The molecule has 0 aromatic carbocycles. The molecule has 2 heteroatoms. The Bertz CT molecular complexity index is 273. The molecule has 66 valence electrons. The lowest BCUT2D eigenvalue weighted by Crippen LogP contribution is -2.17. The summed E-state index contributed by atoms with van der Waals surface area (Å²) in [4.78, 5) is 2.24. The van der Waals surface area contributed by atoms with Gasteiger partial charge < -0.3 is 5.11 Å². The van der Waals surface area contributed by atoms with Crippen molar-refractivity contribution in [1.82, 2.24) is 0 Å². The molecule has 0 fully saturated rings. The van der Waals surface area contributed by atoms with E-state index >= 15 is 0 Å². The SMILES string of the molecule is C=CCC(C)(O)c1ccc(C)s1. The van der Waals surface area contributed by atoms with Crippen LogP contribution in [-0.4, -0.2) is 5.11 Å². The molecule has 0 aliphatic heterocycles. The maximum Gasteiger partial charge on any atom is 0.0994 e. The smallest absolute Gasteiger partial charge is 0.0994 e. The highest BCUT2D eigenvalue weighted by Crippen LogP contribution is 2.30. The van der Waals surface area contributed by atoms with Gasteiger partial charge in [-0.25, -0.2) is 0 Å². The standard InChI is InChI=1S/C10H14OS/c1-4-7-10(3,11)9-6-5-8(2)12-9/h4-6,11H,1,7H2,2-3H3. The van der Waals surface area contributed by atoms with E-state index in [9.17, 15) is 5.11 Å². The molecule has 12 heavy (non-hydrogen) atoms. The highest BCUT2D eigenvalue weighted by molar-refractivity contribution is 7.12. The first-order valence-corrected chi connectivity index (χ1v) is 4.78. The van der Waals surface area contributed by atoms with Crippen LogP contribution < -0.4 is 0 Å². The normalized spacial score (nSPS) is 15.6. The van der Waals surface area contributed by atoms with Crippen molar-refractivity contribution in [2.24, 2.45) is 0 Å². The molecule has 1 aromatic heterocycles. The summed E-state index contributed by atoms with van der Waals surface area (Å²) in [5, 5.41) is 9.94. The summed E-state index contributed by atoms with van der Waals surface area (Å²) in [5.74, 6) is 0. The molecule has 1 unspecified atom stereocenters. The topological polar surface area (TPSA) is 20.2 Å². The molecule has 0 saturated carbocycles. The second-order valence-electron chi connectivity index (χ2n) is 3.18. The van der Waals surface area contributed by atoms with Crippen molar-refractivity contribution in [2.45, 2.75) is 25.9 Å². The molecule has 0 aliphatic rings. The molecule has 1 rings (SSSR count). The van der Waals surface area contributed by atoms with E-state index in [1.807, 2.05) is 26.0 Å². The third-order valence-electron chi connectivity index (χ3n) is 1.81. The maximum atomic E-state index is 9.94. The molecule has 0 radical (unpaired) electrons. The van der Waals surface area contributed by atoms with Crippen LogP contribution in [0.5, 0.6) is 0 Å². The predicted octanol–water partition coefficient (Wildman–Crippen LogP) is 2.84. The van der Waals surface area contributed by atoms with Crippen molar-refractivity contribution >= 4 is 11.3 Å². The molecule has 0 spiro atoms. The summed E-state index contributed by atoms with van der Waals surface area (Å²) in [5.41, 5.74) is -0.735. The summed E-state index contributed by atoms with van der Waals surface area (Å²) in [6, 6.07) is 4.00. The number of aryl methyl sites for hydroxylation is 1. The van der Waals surface area contributed by atoms with Gasteiger partial charge in [-0.1, -0.05) is 6.08 Å². The average molecular weight is 182 g/mol. The largest absolute Gasteiger partial charge is 0.384 e. The Balaban J connectivity index is 2.88. The van der Waals surface area contributed by atoms with Crippen molar-refractivity contribution in [3.63, 3.8) is 0 Å². The fourth-order valence-corrected chi connectivity index (χ4v) is 2.03. The first-order chi connectivity index (χ1) is 5.56. The van der Waals surface area contributed by atoms with Gasteiger partial charge in [0, 0.05) is 9.75 Å². The minimum absolute atomic E-state index is 0.604. The molecular formula is C10H14OS. The Morgan fingerprint density at radius 3 is 2.75 bits per heavy atom.